The summed E-state index contributed by atoms with van der Waals surface area (Å²) in [6.07, 6.45) is 3.38. The van der Waals surface area contributed by atoms with E-state index in [0.29, 0.717) is 35.0 Å². The van der Waals surface area contributed by atoms with Crippen molar-refractivity contribution in [3.05, 3.63) is 83.8 Å². The summed E-state index contributed by atoms with van der Waals surface area (Å²) in [5.41, 5.74) is 2.19. The van der Waals surface area contributed by atoms with Crippen molar-refractivity contribution < 1.29 is 24.2 Å². The third-order valence-electron chi connectivity index (χ3n) is 5.55. The number of Topliss-reactive ketones (excluding diaryl/α,β-unsaturated/α-hetero) is 1. The van der Waals surface area contributed by atoms with Gasteiger partial charge in [-0.3, -0.25) is 14.0 Å². The lowest BCUT2D eigenvalue weighted by Crippen LogP contribution is -2.32. The standard InChI is InChI=1S/C25H25N3O5/c1-4-13-33-18-9-7-8-17(15-18)22-20(24(30)25(31)28(22)12-14-32-3)23(29)21-16(2)26-19-10-5-6-11-27(19)21/h4-11,15,22,29H,1,12-14H2,2-3H3/b23-20+. The van der Waals surface area contributed by atoms with Crippen LogP contribution in [0.2, 0.25) is 0 Å². The highest BCUT2D eigenvalue weighted by Gasteiger charge is 2.46. The van der Waals surface area contributed by atoms with Gasteiger partial charge in [0.2, 0.25) is 0 Å². The number of amides is 1. The van der Waals surface area contributed by atoms with Gasteiger partial charge >= 0.3 is 0 Å². The number of aliphatic hydroxyl groups excluding tert-OH is 1. The molecule has 1 amide bonds. The van der Waals surface area contributed by atoms with Crippen LogP contribution in [0.25, 0.3) is 11.4 Å². The molecule has 8 heteroatoms. The van der Waals surface area contributed by atoms with Crippen LogP contribution in [-0.4, -0.2) is 57.9 Å². The van der Waals surface area contributed by atoms with Crippen molar-refractivity contribution in [1.29, 1.82) is 0 Å². The zero-order valence-electron chi connectivity index (χ0n) is 18.5. The van der Waals surface area contributed by atoms with Gasteiger partial charge < -0.3 is 19.5 Å². The molecule has 4 rings (SSSR count). The van der Waals surface area contributed by atoms with Gasteiger partial charge in [-0.25, -0.2) is 4.98 Å². The van der Waals surface area contributed by atoms with E-state index in [2.05, 4.69) is 11.6 Å². The minimum Gasteiger partial charge on any atom is -0.505 e. The van der Waals surface area contributed by atoms with Crippen LogP contribution in [-0.2, 0) is 14.3 Å². The summed E-state index contributed by atoms with van der Waals surface area (Å²) in [6.45, 7) is 6.15. The van der Waals surface area contributed by atoms with Gasteiger partial charge in [0.05, 0.1) is 23.9 Å². The predicted molar refractivity (Wildman–Crippen MR) is 123 cm³/mol. The lowest BCUT2D eigenvalue weighted by Gasteiger charge is -2.25. The van der Waals surface area contributed by atoms with Crippen LogP contribution < -0.4 is 4.74 Å². The summed E-state index contributed by atoms with van der Waals surface area (Å²) < 4.78 is 12.5. The van der Waals surface area contributed by atoms with Crippen molar-refractivity contribution in [2.75, 3.05) is 26.9 Å². The van der Waals surface area contributed by atoms with Crippen LogP contribution >= 0.6 is 0 Å². The third kappa shape index (κ3) is 4.01. The molecule has 1 aliphatic heterocycles. The summed E-state index contributed by atoms with van der Waals surface area (Å²) in [5.74, 6) is -1.15. The number of benzene rings is 1. The fraction of sp³-hybridized carbons (Fsp3) is 0.240. The molecule has 0 radical (unpaired) electrons. The van der Waals surface area contributed by atoms with Crippen LogP contribution in [0.1, 0.15) is 23.0 Å². The molecule has 0 bridgehead atoms. The molecule has 1 saturated heterocycles. The number of hydrogen-bond donors (Lipinski definition) is 1. The molecule has 3 heterocycles. The number of fused-ring (bicyclic) bond motifs is 1. The van der Waals surface area contributed by atoms with E-state index in [9.17, 15) is 14.7 Å². The first-order chi connectivity index (χ1) is 16.0. The first kappa shape index (κ1) is 22.3. The van der Waals surface area contributed by atoms with Gasteiger partial charge in [-0.05, 0) is 36.8 Å². The second kappa shape index (κ2) is 9.30. The molecule has 1 aromatic carbocycles. The third-order valence-corrected chi connectivity index (χ3v) is 5.55. The fourth-order valence-electron chi connectivity index (χ4n) is 4.10. The van der Waals surface area contributed by atoms with E-state index in [1.54, 1.807) is 60.0 Å². The number of nitrogens with zero attached hydrogens (tertiary/aromatic N) is 3. The van der Waals surface area contributed by atoms with Gasteiger partial charge in [0, 0.05) is 19.9 Å². The summed E-state index contributed by atoms with van der Waals surface area (Å²) >= 11 is 0. The van der Waals surface area contributed by atoms with Gasteiger partial charge in [0.25, 0.3) is 11.7 Å². The van der Waals surface area contributed by atoms with Crippen molar-refractivity contribution in [2.24, 2.45) is 0 Å². The Kier molecular flexibility index (Phi) is 6.28. The number of aryl methyl sites for hydroxylation is 1. The Bertz CT molecular complexity index is 1260. The Balaban J connectivity index is 1.91. The molecule has 1 unspecified atom stereocenters. The molecule has 1 N–H and O–H groups in total. The fourth-order valence-corrected chi connectivity index (χ4v) is 4.10. The molecule has 3 aromatic rings. The van der Waals surface area contributed by atoms with E-state index in [4.69, 9.17) is 9.47 Å². The van der Waals surface area contributed by atoms with E-state index in [-0.39, 0.29) is 24.5 Å². The maximum Gasteiger partial charge on any atom is 0.295 e. The summed E-state index contributed by atoms with van der Waals surface area (Å²) in [4.78, 5) is 32.1. The molecule has 1 fully saturated rings. The Morgan fingerprint density at radius 2 is 2.06 bits per heavy atom. The smallest absolute Gasteiger partial charge is 0.295 e. The number of pyridine rings is 1. The molecule has 1 aliphatic rings. The summed E-state index contributed by atoms with van der Waals surface area (Å²) in [7, 11) is 1.52. The Hall–Kier alpha value is -3.91. The number of carbonyl (C=O) groups excluding carboxylic acids is 2. The molecular formula is C25H25N3O5. The molecule has 33 heavy (non-hydrogen) atoms. The minimum absolute atomic E-state index is 0.00530. The maximum atomic E-state index is 13.2. The predicted octanol–water partition coefficient (Wildman–Crippen LogP) is 3.28. The average Bonchev–Trinajstić information content (AvgIpc) is 3.29. The number of ether oxygens (including phenoxy) is 2. The molecule has 1 atom stereocenters. The normalized spacial score (nSPS) is 17.6. The summed E-state index contributed by atoms with van der Waals surface area (Å²) in [5, 5.41) is 11.4. The Labute approximate surface area is 191 Å². The Morgan fingerprint density at radius 3 is 2.82 bits per heavy atom. The van der Waals surface area contributed by atoms with Crippen molar-refractivity contribution in [3.8, 4) is 5.75 Å². The second-order valence-corrected chi connectivity index (χ2v) is 7.63. The highest BCUT2D eigenvalue weighted by molar-refractivity contribution is 6.46. The monoisotopic (exact) mass is 447 g/mol. The number of hydrogen-bond acceptors (Lipinski definition) is 6. The number of imidazole rings is 1. The van der Waals surface area contributed by atoms with Gasteiger partial charge in [-0.15, -0.1) is 0 Å². The molecule has 8 nitrogen and oxygen atoms in total. The largest absolute Gasteiger partial charge is 0.505 e. The van der Waals surface area contributed by atoms with E-state index < -0.39 is 17.7 Å². The second-order valence-electron chi connectivity index (χ2n) is 7.63. The van der Waals surface area contributed by atoms with E-state index >= 15 is 0 Å². The van der Waals surface area contributed by atoms with Crippen molar-refractivity contribution in [2.45, 2.75) is 13.0 Å². The van der Waals surface area contributed by atoms with Gasteiger partial charge in [0.1, 0.15) is 23.7 Å². The highest BCUT2D eigenvalue weighted by Crippen LogP contribution is 2.40. The van der Waals surface area contributed by atoms with Gasteiger partial charge in [-0.1, -0.05) is 30.9 Å². The lowest BCUT2D eigenvalue weighted by molar-refractivity contribution is -0.140. The quantitative estimate of drug-likeness (QED) is 0.247. The lowest BCUT2D eigenvalue weighted by atomic mass is 9.96. The summed E-state index contributed by atoms with van der Waals surface area (Å²) in [6, 6.07) is 11.8. The molecule has 170 valence electrons. The van der Waals surface area contributed by atoms with E-state index in [1.165, 1.54) is 12.0 Å². The molecular weight excluding hydrogens is 422 g/mol. The van der Waals surface area contributed by atoms with Crippen molar-refractivity contribution in [3.63, 3.8) is 0 Å². The molecule has 0 aliphatic carbocycles. The maximum absolute atomic E-state index is 13.2. The number of aliphatic hydroxyl groups is 1. The Morgan fingerprint density at radius 1 is 1.24 bits per heavy atom. The van der Waals surface area contributed by atoms with Crippen LogP contribution in [0.3, 0.4) is 0 Å². The number of carbonyl (C=O) groups is 2. The minimum atomic E-state index is -0.805. The zero-order valence-corrected chi connectivity index (χ0v) is 18.5. The van der Waals surface area contributed by atoms with Crippen molar-refractivity contribution in [1.82, 2.24) is 14.3 Å². The molecule has 2 aromatic heterocycles. The first-order valence-electron chi connectivity index (χ1n) is 10.5. The number of rotatable bonds is 8. The van der Waals surface area contributed by atoms with E-state index in [0.717, 1.165) is 0 Å². The molecule has 0 saturated carbocycles. The van der Waals surface area contributed by atoms with Crippen LogP contribution in [0.15, 0.2) is 66.9 Å². The topological polar surface area (TPSA) is 93.4 Å². The number of ketones is 1. The van der Waals surface area contributed by atoms with Gasteiger partial charge in [-0.2, -0.15) is 0 Å². The molecule has 0 spiro atoms. The van der Waals surface area contributed by atoms with Crippen LogP contribution in [0.4, 0.5) is 0 Å². The SMILES string of the molecule is C=CCOc1cccc(C2/C(=C(\O)c3c(C)nc4ccccn34)C(=O)C(=O)N2CCOC)c1. The van der Waals surface area contributed by atoms with Crippen molar-refractivity contribution >= 4 is 23.1 Å². The van der Waals surface area contributed by atoms with Crippen LogP contribution in [0, 0.1) is 6.92 Å². The first-order valence-corrected chi connectivity index (χ1v) is 10.5. The van der Waals surface area contributed by atoms with Crippen LogP contribution in [0.5, 0.6) is 5.75 Å². The van der Waals surface area contributed by atoms with E-state index in [1.807, 2.05) is 6.07 Å². The average molecular weight is 447 g/mol. The highest BCUT2D eigenvalue weighted by atomic mass is 16.5. The number of methoxy groups -OCH3 is 1. The number of aromatic nitrogens is 2. The van der Waals surface area contributed by atoms with Gasteiger partial charge in [0.15, 0.2) is 5.76 Å². The zero-order chi connectivity index (χ0) is 23.5. The number of likely N-dealkylation sites (tertiary alicyclic amines) is 1.